The molecule has 2 fully saturated rings. The van der Waals surface area contributed by atoms with Gasteiger partial charge in [-0.15, -0.1) is 0 Å². The first-order valence-electron chi connectivity index (χ1n) is 8.78. The lowest BCUT2D eigenvalue weighted by Gasteiger charge is -2.33. The molecule has 1 saturated heterocycles. The molecular weight excluding hydrogens is 272 g/mol. The molecule has 0 unspecified atom stereocenters. The summed E-state index contributed by atoms with van der Waals surface area (Å²) in [6, 6.07) is 0. The van der Waals surface area contributed by atoms with Gasteiger partial charge in [-0.1, -0.05) is 30.7 Å². The summed E-state index contributed by atoms with van der Waals surface area (Å²) in [5, 5.41) is 0. The van der Waals surface area contributed by atoms with Crippen LogP contribution in [0.2, 0.25) is 0 Å². The molecule has 3 aliphatic rings. The molecule has 0 aromatic carbocycles. The molecule has 0 aromatic heterocycles. The predicted octanol–water partition coefficient (Wildman–Crippen LogP) is 4.84. The molecule has 0 amide bonds. The van der Waals surface area contributed by atoms with Gasteiger partial charge in [0.05, 0.1) is 11.7 Å². The number of ether oxygens (including phenoxy) is 1. The van der Waals surface area contributed by atoms with Gasteiger partial charge >= 0.3 is 0 Å². The number of epoxide rings is 1. The summed E-state index contributed by atoms with van der Waals surface area (Å²) < 4.78 is 6.03. The maximum atomic E-state index is 12.8. The third-order valence-electron chi connectivity index (χ3n) is 6.61. The topological polar surface area (TPSA) is 29.6 Å². The van der Waals surface area contributed by atoms with E-state index < -0.39 is 0 Å². The van der Waals surface area contributed by atoms with Crippen molar-refractivity contribution < 1.29 is 9.53 Å². The molecule has 2 aliphatic carbocycles. The lowest BCUT2D eigenvalue weighted by Crippen LogP contribution is -2.33. The molecule has 1 heterocycles. The number of allylic oxidation sites excluding steroid dienone is 3. The van der Waals surface area contributed by atoms with Crippen molar-refractivity contribution in [2.45, 2.75) is 77.9 Å². The van der Waals surface area contributed by atoms with Crippen LogP contribution in [-0.2, 0) is 9.53 Å². The van der Waals surface area contributed by atoms with Crippen LogP contribution < -0.4 is 0 Å². The Kier molecular flexibility index (Phi) is 3.87. The monoisotopic (exact) mass is 302 g/mol. The third-order valence-corrected chi connectivity index (χ3v) is 6.61. The van der Waals surface area contributed by atoms with Crippen LogP contribution in [0.5, 0.6) is 0 Å². The minimum Gasteiger partial charge on any atom is -0.366 e. The summed E-state index contributed by atoms with van der Waals surface area (Å²) in [6.07, 6.45) is 8.61. The number of carbonyl (C=O) groups excluding carboxylic acids is 1. The lowest BCUT2D eigenvalue weighted by molar-refractivity contribution is -0.127. The Hall–Kier alpha value is -0.890. The van der Waals surface area contributed by atoms with E-state index in [-0.39, 0.29) is 17.1 Å². The van der Waals surface area contributed by atoms with Crippen molar-refractivity contribution in [3.8, 4) is 0 Å². The summed E-state index contributed by atoms with van der Waals surface area (Å²) >= 11 is 0. The van der Waals surface area contributed by atoms with Crippen LogP contribution in [0.1, 0.15) is 66.2 Å². The van der Waals surface area contributed by atoms with E-state index in [1.807, 2.05) is 0 Å². The van der Waals surface area contributed by atoms with Crippen LogP contribution in [0.3, 0.4) is 0 Å². The highest BCUT2D eigenvalue weighted by Gasteiger charge is 2.59. The highest BCUT2D eigenvalue weighted by atomic mass is 16.6. The number of fused-ring (bicyclic) bond motifs is 2. The maximum Gasteiger partial charge on any atom is 0.139 e. The molecule has 0 radical (unpaired) electrons. The number of carbonyl (C=O) groups is 1. The minimum atomic E-state index is -0.226. The zero-order valence-electron chi connectivity index (χ0n) is 14.6. The second-order valence-electron chi connectivity index (χ2n) is 8.36. The zero-order valence-corrected chi connectivity index (χ0v) is 14.6. The molecule has 0 bridgehead atoms. The average molecular weight is 302 g/mol. The summed E-state index contributed by atoms with van der Waals surface area (Å²) in [6.45, 7) is 12.9. The van der Waals surface area contributed by atoms with Crippen molar-refractivity contribution in [2.24, 2.45) is 17.3 Å². The predicted molar refractivity (Wildman–Crippen MR) is 89.6 cm³/mol. The van der Waals surface area contributed by atoms with E-state index in [4.69, 9.17) is 4.74 Å². The van der Waals surface area contributed by atoms with E-state index in [1.54, 1.807) is 0 Å². The van der Waals surface area contributed by atoms with E-state index in [1.165, 1.54) is 11.1 Å². The molecule has 1 saturated carbocycles. The Morgan fingerprint density at radius 2 is 2.14 bits per heavy atom. The Morgan fingerprint density at radius 1 is 1.41 bits per heavy atom. The first kappa shape index (κ1) is 16.0. The van der Waals surface area contributed by atoms with E-state index in [2.05, 4.69) is 40.3 Å². The Balaban J connectivity index is 1.92. The van der Waals surface area contributed by atoms with E-state index >= 15 is 0 Å². The summed E-state index contributed by atoms with van der Waals surface area (Å²) in [5.74, 6) is 1.22. The Morgan fingerprint density at radius 3 is 2.82 bits per heavy atom. The molecule has 0 aromatic rings. The summed E-state index contributed by atoms with van der Waals surface area (Å²) in [4.78, 5) is 12.8. The Bertz CT molecular complexity index is 532. The normalized spacial score (nSPS) is 47.7. The van der Waals surface area contributed by atoms with Gasteiger partial charge in [-0.05, 0) is 64.7 Å². The van der Waals surface area contributed by atoms with Gasteiger partial charge in [0.1, 0.15) is 5.78 Å². The van der Waals surface area contributed by atoms with Crippen molar-refractivity contribution in [2.75, 3.05) is 0 Å². The number of hydrogen-bond acceptors (Lipinski definition) is 2. The first-order chi connectivity index (χ1) is 10.3. The van der Waals surface area contributed by atoms with Gasteiger partial charge in [-0.3, -0.25) is 4.79 Å². The van der Waals surface area contributed by atoms with Crippen LogP contribution in [0, 0.1) is 17.3 Å². The van der Waals surface area contributed by atoms with Gasteiger partial charge in [0.2, 0.25) is 0 Å². The zero-order chi connectivity index (χ0) is 16.1. The highest BCUT2D eigenvalue weighted by Crippen LogP contribution is 2.56. The van der Waals surface area contributed by atoms with Crippen molar-refractivity contribution in [1.29, 1.82) is 0 Å². The number of Topliss-reactive ketones (excluding diaryl/α,β-unsaturated/α-hetero) is 1. The van der Waals surface area contributed by atoms with E-state index in [0.717, 1.165) is 32.1 Å². The summed E-state index contributed by atoms with van der Waals surface area (Å²) in [7, 11) is 0. The molecule has 122 valence electrons. The van der Waals surface area contributed by atoms with E-state index in [9.17, 15) is 4.79 Å². The molecule has 0 N–H and O–H groups in total. The quantitative estimate of drug-likeness (QED) is 0.512. The molecule has 22 heavy (non-hydrogen) atoms. The minimum absolute atomic E-state index is 0.00370. The standard InChI is InChI=1S/C20H30O2/c1-13(2)15-11-17(21)19(4)12-18-20(5,22-18)10-6-7-14(3)8-9-16(15)19/h7,15-16,18H,1,6,8-12H2,2-5H3/b14-7+/t15-,16-,18-,19+,20-/m1/s1. The lowest BCUT2D eigenvalue weighted by atomic mass is 9.69. The molecular formula is C20H30O2. The second-order valence-corrected chi connectivity index (χ2v) is 8.36. The SMILES string of the molecule is C=C(C)[C@H]1CC(=O)[C@@]2(C)C[C@H]3O[C@]3(C)CC/C=C(\C)CC[C@H]12. The molecule has 3 rings (SSSR count). The Labute approximate surface area is 135 Å². The maximum absolute atomic E-state index is 12.8. The van der Waals surface area contributed by atoms with E-state index in [0.29, 0.717) is 24.0 Å². The smallest absolute Gasteiger partial charge is 0.139 e. The van der Waals surface area contributed by atoms with Gasteiger partial charge in [0.15, 0.2) is 0 Å². The molecule has 0 spiro atoms. The largest absolute Gasteiger partial charge is 0.366 e. The highest BCUT2D eigenvalue weighted by molar-refractivity contribution is 5.88. The number of rotatable bonds is 1. The fraction of sp³-hybridized carbons (Fsp3) is 0.750. The first-order valence-corrected chi connectivity index (χ1v) is 8.78. The van der Waals surface area contributed by atoms with Gasteiger partial charge in [-0.25, -0.2) is 0 Å². The van der Waals surface area contributed by atoms with Crippen LogP contribution in [0.15, 0.2) is 23.8 Å². The fourth-order valence-electron chi connectivity index (χ4n) is 4.77. The van der Waals surface area contributed by atoms with Crippen molar-refractivity contribution >= 4 is 5.78 Å². The summed E-state index contributed by atoms with van der Waals surface area (Å²) in [5.41, 5.74) is 2.41. The van der Waals surface area contributed by atoms with Crippen molar-refractivity contribution in [3.05, 3.63) is 23.8 Å². The molecule has 2 nitrogen and oxygen atoms in total. The van der Waals surface area contributed by atoms with Crippen LogP contribution >= 0.6 is 0 Å². The van der Waals surface area contributed by atoms with Crippen LogP contribution in [0.25, 0.3) is 0 Å². The molecule has 1 aliphatic heterocycles. The third kappa shape index (κ3) is 2.60. The van der Waals surface area contributed by atoms with Crippen molar-refractivity contribution in [3.63, 3.8) is 0 Å². The average Bonchev–Trinajstić information content (AvgIpc) is 2.97. The van der Waals surface area contributed by atoms with Gasteiger partial charge in [-0.2, -0.15) is 0 Å². The number of ketones is 1. The van der Waals surface area contributed by atoms with Gasteiger partial charge < -0.3 is 4.74 Å². The fourth-order valence-corrected chi connectivity index (χ4v) is 4.77. The van der Waals surface area contributed by atoms with Crippen LogP contribution in [-0.4, -0.2) is 17.5 Å². The van der Waals surface area contributed by atoms with Crippen LogP contribution in [0.4, 0.5) is 0 Å². The van der Waals surface area contributed by atoms with Gasteiger partial charge in [0.25, 0.3) is 0 Å². The van der Waals surface area contributed by atoms with Gasteiger partial charge in [0, 0.05) is 11.8 Å². The molecule has 2 heteroatoms. The van der Waals surface area contributed by atoms with Crippen molar-refractivity contribution in [1.82, 2.24) is 0 Å². The molecule has 5 atom stereocenters. The number of hydrogen-bond donors (Lipinski definition) is 0. The second kappa shape index (κ2) is 5.33.